The standard InChI is InChI=1S/C8H17NOS2/c1-8(2,3)12(10)9-7-4-5-11-6-7/h7,9H,4-6H2,1-3H3/t7-,12?/m1/s1. The normalized spacial score (nSPS) is 27.5. The van der Waals surface area contributed by atoms with Crippen LogP contribution in [0.2, 0.25) is 0 Å². The average Bonchev–Trinajstić information content (AvgIpc) is 2.37. The molecule has 1 heterocycles. The van der Waals surface area contributed by atoms with Gasteiger partial charge < -0.3 is 4.55 Å². The summed E-state index contributed by atoms with van der Waals surface area (Å²) in [5.41, 5.74) is 0. The van der Waals surface area contributed by atoms with E-state index in [2.05, 4.69) is 4.72 Å². The number of hydrogen-bond acceptors (Lipinski definition) is 3. The zero-order valence-electron chi connectivity index (χ0n) is 7.92. The van der Waals surface area contributed by atoms with Crippen molar-refractivity contribution in [3.63, 3.8) is 0 Å². The second-order valence-electron chi connectivity index (χ2n) is 4.06. The summed E-state index contributed by atoms with van der Waals surface area (Å²) in [6.07, 6.45) is 1.16. The highest BCUT2D eigenvalue weighted by Crippen LogP contribution is 2.21. The molecule has 2 nitrogen and oxygen atoms in total. The van der Waals surface area contributed by atoms with Gasteiger partial charge in [-0.25, -0.2) is 0 Å². The van der Waals surface area contributed by atoms with Gasteiger partial charge in [0.05, 0.1) is 6.04 Å². The minimum Gasteiger partial charge on any atom is -0.598 e. The molecule has 0 aromatic heterocycles. The molecule has 1 aliphatic heterocycles. The molecule has 4 heteroatoms. The van der Waals surface area contributed by atoms with Gasteiger partial charge in [0, 0.05) is 17.1 Å². The van der Waals surface area contributed by atoms with Crippen LogP contribution in [0.25, 0.3) is 0 Å². The van der Waals surface area contributed by atoms with Crippen LogP contribution in [0.15, 0.2) is 0 Å². The van der Waals surface area contributed by atoms with Crippen molar-refractivity contribution in [3.8, 4) is 0 Å². The van der Waals surface area contributed by atoms with Crippen molar-refractivity contribution >= 4 is 23.1 Å². The third kappa shape index (κ3) is 3.17. The molecule has 0 aliphatic carbocycles. The highest BCUT2D eigenvalue weighted by atomic mass is 32.2. The maximum atomic E-state index is 11.6. The predicted octanol–water partition coefficient (Wildman–Crippen LogP) is 1.54. The van der Waals surface area contributed by atoms with Crippen molar-refractivity contribution in [2.45, 2.75) is 38.0 Å². The van der Waals surface area contributed by atoms with Crippen LogP contribution in [-0.4, -0.2) is 26.8 Å². The van der Waals surface area contributed by atoms with Gasteiger partial charge in [0.1, 0.15) is 4.75 Å². The van der Waals surface area contributed by atoms with E-state index in [1.54, 1.807) is 0 Å². The lowest BCUT2D eigenvalue weighted by Gasteiger charge is -2.25. The molecule has 1 fully saturated rings. The summed E-state index contributed by atoms with van der Waals surface area (Å²) >= 11 is 1.05. The van der Waals surface area contributed by atoms with Gasteiger partial charge in [-0.15, -0.1) is 4.72 Å². The molecular formula is C8H17NOS2. The van der Waals surface area contributed by atoms with Gasteiger partial charge >= 0.3 is 0 Å². The van der Waals surface area contributed by atoms with Gasteiger partial charge in [0.25, 0.3) is 0 Å². The van der Waals surface area contributed by atoms with Crippen LogP contribution in [0, 0.1) is 0 Å². The first-order chi connectivity index (χ1) is 5.50. The smallest absolute Gasteiger partial charge is 0.136 e. The largest absolute Gasteiger partial charge is 0.598 e. The minimum atomic E-state index is -0.890. The fourth-order valence-electron chi connectivity index (χ4n) is 0.956. The van der Waals surface area contributed by atoms with E-state index in [0.29, 0.717) is 6.04 Å². The first-order valence-corrected chi connectivity index (χ1v) is 6.56. The molecule has 12 heavy (non-hydrogen) atoms. The van der Waals surface area contributed by atoms with Crippen molar-refractivity contribution in [1.82, 2.24) is 4.72 Å². The molecule has 0 radical (unpaired) electrons. The molecule has 72 valence electrons. The van der Waals surface area contributed by atoms with Crippen LogP contribution in [0.4, 0.5) is 0 Å². The Morgan fingerprint density at radius 2 is 2.17 bits per heavy atom. The highest BCUT2D eigenvalue weighted by Gasteiger charge is 2.30. The lowest BCUT2D eigenvalue weighted by Crippen LogP contribution is -2.44. The fraction of sp³-hybridized carbons (Fsp3) is 1.00. The van der Waals surface area contributed by atoms with Gasteiger partial charge in [-0.1, -0.05) is 0 Å². The quantitative estimate of drug-likeness (QED) is 0.698. The van der Waals surface area contributed by atoms with Crippen LogP contribution < -0.4 is 4.72 Å². The molecule has 2 atom stereocenters. The molecular weight excluding hydrogens is 190 g/mol. The number of hydrogen-bond donors (Lipinski definition) is 1. The molecule has 1 rings (SSSR count). The molecule has 0 aromatic rings. The van der Waals surface area contributed by atoms with Crippen LogP contribution >= 0.6 is 11.8 Å². The lowest BCUT2D eigenvalue weighted by molar-refractivity contribution is 0.528. The third-order valence-electron chi connectivity index (χ3n) is 1.76. The third-order valence-corrected chi connectivity index (χ3v) is 4.58. The van der Waals surface area contributed by atoms with Crippen molar-refractivity contribution in [1.29, 1.82) is 0 Å². The van der Waals surface area contributed by atoms with Crippen molar-refractivity contribution < 1.29 is 4.55 Å². The van der Waals surface area contributed by atoms with Gasteiger partial charge in [-0.05, 0) is 32.9 Å². The van der Waals surface area contributed by atoms with Crippen molar-refractivity contribution in [2.75, 3.05) is 11.5 Å². The van der Waals surface area contributed by atoms with E-state index in [0.717, 1.165) is 12.2 Å². The first kappa shape index (κ1) is 10.7. The predicted molar refractivity (Wildman–Crippen MR) is 56.8 cm³/mol. The Bertz CT molecular complexity index is 140. The Balaban J connectivity index is 2.30. The molecule has 0 saturated carbocycles. The number of rotatable bonds is 2. The number of thioether (sulfide) groups is 1. The Labute approximate surface area is 82.2 Å². The van der Waals surface area contributed by atoms with Crippen LogP contribution in [-0.2, 0) is 11.4 Å². The molecule has 0 bridgehead atoms. The Hall–Kier alpha value is 0.620. The van der Waals surface area contributed by atoms with Gasteiger partial charge in [0.15, 0.2) is 0 Å². The fourth-order valence-corrected chi connectivity index (χ4v) is 3.07. The minimum absolute atomic E-state index is 0.132. The summed E-state index contributed by atoms with van der Waals surface area (Å²) < 4.78 is 14.6. The van der Waals surface area contributed by atoms with E-state index in [9.17, 15) is 4.55 Å². The Morgan fingerprint density at radius 1 is 1.50 bits per heavy atom. The van der Waals surface area contributed by atoms with E-state index < -0.39 is 11.4 Å². The lowest BCUT2D eigenvalue weighted by atomic mass is 10.3. The zero-order valence-corrected chi connectivity index (χ0v) is 9.56. The van der Waals surface area contributed by atoms with Gasteiger partial charge in [-0.3, -0.25) is 0 Å². The summed E-state index contributed by atoms with van der Waals surface area (Å²) in [6.45, 7) is 5.99. The molecule has 1 N–H and O–H groups in total. The van der Waals surface area contributed by atoms with E-state index >= 15 is 0 Å². The van der Waals surface area contributed by atoms with E-state index in [4.69, 9.17) is 0 Å². The van der Waals surface area contributed by atoms with Gasteiger partial charge in [0.2, 0.25) is 0 Å². The van der Waals surface area contributed by atoms with Crippen molar-refractivity contribution in [3.05, 3.63) is 0 Å². The van der Waals surface area contributed by atoms with E-state index in [1.165, 1.54) is 5.75 Å². The summed E-state index contributed by atoms with van der Waals surface area (Å²) in [4.78, 5) is 0. The molecule has 0 aromatic carbocycles. The summed E-state index contributed by atoms with van der Waals surface area (Å²) in [5, 5.41) is 0. The molecule has 1 aliphatic rings. The zero-order chi connectivity index (χ0) is 9.19. The first-order valence-electron chi connectivity index (χ1n) is 4.26. The van der Waals surface area contributed by atoms with E-state index in [1.807, 2.05) is 32.5 Å². The SMILES string of the molecule is CC(C)(C)[S+]([O-])N[C@@H]1CCSC1. The highest BCUT2D eigenvalue weighted by molar-refractivity contribution is 7.99. The topological polar surface area (TPSA) is 35.1 Å². The van der Waals surface area contributed by atoms with Crippen LogP contribution in [0.3, 0.4) is 0 Å². The molecule has 0 spiro atoms. The Kier molecular flexibility index (Phi) is 3.76. The second-order valence-corrected chi connectivity index (χ2v) is 7.21. The summed E-state index contributed by atoms with van der Waals surface area (Å²) in [6, 6.07) is 0.468. The van der Waals surface area contributed by atoms with Crippen LogP contribution in [0.5, 0.6) is 0 Å². The van der Waals surface area contributed by atoms with Crippen molar-refractivity contribution in [2.24, 2.45) is 0 Å². The molecule has 1 saturated heterocycles. The maximum Gasteiger partial charge on any atom is 0.136 e. The molecule has 0 amide bonds. The Morgan fingerprint density at radius 3 is 2.58 bits per heavy atom. The monoisotopic (exact) mass is 207 g/mol. The molecule has 1 unspecified atom stereocenters. The summed E-state index contributed by atoms with van der Waals surface area (Å²) in [5.74, 6) is 2.32. The van der Waals surface area contributed by atoms with E-state index in [-0.39, 0.29) is 4.75 Å². The van der Waals surface area contributed by atoms with Gasteiger partial charge in [-0.2, -0.15) is 11.8 Å². The average molecular weight is 207 g/mol. The summed E-state index contributed by atoms with van der Waals surface area (Å²) in [7, 11) is 0. The second kappa shape index (κ2) is 4.22. The van der Waals surface area contributed by atoms with Crippen LogP contribution in [0.1, 0.15) is 27.2 Å². The maximum absolute atomic E-state index is 11.6. The number of nitrogens with one attached hydrogen (secondary N) is 1.